The van der Waals surface area contributed by atoms with E-state index in [1.165, 1.54) is 7.11 Å². The molecule has 3 N–H and O–H groups in total. The van der Waals surface area contributed by atoms with Gasteiger partial charge in [0, 0.05) is 18.2 Å². The van der Waals surface area contributed by atoms with Crippen LogP contribution in [-0.4, -0.2) is 51.9 Å². The SMILES string of the molecule is COC(=O)[C@H]1CC[C@H](NC(=O)[C@H](NC(=O)c2c[nH]c3ncc(C4CC4)nc23)C2CCCCC2)CC1. The van der Waals surface area contributed by atoms with E-state index >= 15 is 0 Å². The predicted octanol–water partition coefficient (Wildman–Crippen LogP) is 3.36. The normalized spacial score (nSPS) is 24.0. The highest BCUT2D eigenvalue weighted by molar-refractivity contribution is 6.06. The quantitative estimate of drug-likeness (QED) is 0.521. The summed E-state index contributed by atoms with van der Waals surface area (Å²) in [4.78, 5) is 50.9. The molecule has 3 fully saturated rings. The number of hydrogen-bond donors (Lipinski definition) is 3. The fourth-order valence-corrected chi connectivity index (χ4v) is 5.67. The topological polar surface area (TPSA) is 126 Å². The number of hydrogen-bond acceptors (Lipinski definition) is 6. The fourth-order valence-electron chi connectivity index (χ4n) is 5.67. The molecule has 2 aromatic heterocycles. The number of rotatable bonds is 7. The summed E-state index contributed by atoms with van der Waals surface area (Å²) in [5.41, 5.74) is 2.51. The van der Waals surface area contributed by atoms with Crippen molar-refractivity contribution in [3.8, 4) is 0 Å². The van der Waals surface area contributed by atoms with Crippen molar-refractivity contribution in [2.75, 3.05) is 7.11 Å². The van der Waals surface area contributed by atoms with Crippen LogP contribution in [0.5, 0.6) is 0 Å². The Balaban J connectivity index is 1.29. The Hall–Kier alpha value is -2.97. The third-order valence-electron chi connectivity index (χ3n) is 7.94. The van der Waals surface area contributed by atoms with Crippen LogP contribution in [0.1, 0.15) is 92.6 Å². The molecule has 5 rings (SSSR count). The fraction of sp³-hybridized carbons (Fsp3) is 0.654. The molecule has 0 unspecified atom stereocenters. The van der Waals surface area contributed by atoms with Crippen molar-refractivity contribution in [2.45, 2.75) is 88.6 Å². The molecule has 9 heteroatoms. The molecule has 9 nitrogen and oxygen atoms in total. The van der Waals surface area contributed by atoms with Crippen molar-refractivity contribution >= 4 is 28.9 Å². The van der Waals surface area contributed by atoms with Gasteiger partial charge in [-0.3, -0.25) is 14.4 Å². The first-order chi connectivity index (χ1) is 17.0. The van der Waals surface area contributed by atoms with Gasteiger partial charge in [0.15, 0.2) is 5.65 Å². The zero-order valence-electron chi connectivity index (χ0n) is 20.3. The van der Waals surface area contributed by atoms with E-state index in [0.29, 0.717) is 35.5 Å². The maximum atomic E-state index is 13.4. The molecule has 3 saturated carbocycles. The zero-order valence-corrected chi connectivity index (χ0v) is 20.3. The monoisotopic (exact) mass is 481 g/mol. The minimum absolute atomic E-state index is 0.00598. The lowest BCUT2D eigenvalue weighted by atomic mass is 9.82. The van der Waals surface area contributed by atoms with E-state index < -0.39 is 6.04 Å². The molecule has 3 aliphatic rings. The van der Waals surface area contributed by atoms with Crippen LogP contribution in [0.15, 0.2) is 12.4 Å². The average Bonchev–Trinajstić information content (AvgIpc) is 3.66. The molecule has 0 bridgehead atoms. The van der Waals surface area contributed by atoms with Gasteiger partial charge in [0.25, 0.3) is 5.91 Å². The molecular weight excluding hydrogens is 446 g/mol. The molecule has 2 aromatic rings. The molecule has 0 aromatic carbocycles. The van der Waals surface area contributed by atoms with Gasteiger partial charge in [-0.15, -0.1) is 0 Å². The number of aromatic nitrogens is 3. The number of nitrogens with one attached hydrogen (secondary N) is 3. The van der Waals surface area contributed by atoms with Crippen molar-refractivity contribution in [2.24, 2.45) is 11.8 Å². The Labute approximate surface area is 205 Å². The van der Waals surface area contributed by atoms with E-state index in [2.05, 4.69) is 20.6 Å². The Kier molecular flexibility index (Phi) is 7.02. The van der Waals surface area contributed by atoms with Gasteiger partial charge in [-0.2, -0.15) is 0 Å². The highest BCUT2D eigenvalue weighted by Crippen LogP contribution is 2.39. The van der Waals surface area contributed by atoms with Crippen LogP contribution >= 0.6 is 0 Å². The van der Waals surface area contributed by atoms with Crippen LogP contribution < -0.4 is 10.6 Å². The number of esters is 1. The van der Waals surface area contributed by atoms with Crippen molar-refractivity contribution in [3.05, 3.63) is 23.7 Å². The summed E-state index contributed by atoms with van der Waals surface area (Å²) in [6, 6.07) is -0.586. The highest BCUT2D eigenvalue weighted by Gasteiger charge is 2.35. The van der Waals surface area contributed by atoms with Gasteiger partial charge < -0.3 is 20.4 Å². The van der Waals surface area contributed by atoms with E-state index in [1.54, 1.807) is 12.4 Å². The molecule has 188 valence electrons. The molecule has 2 heterocycles. The second-order valence-corrected chi connectivity index (χ2v) is 10.4. The van der Waals surface area contributed by atoms with Crippen LogP contribution in [0.2, 0.25) is 0 Å². The van der Waals surface area contributed by atoms with Gasteiger partial charge in [-0.1, -0.05) is 19.3 Å². The molecule has 35 heavy (non-hydrogen) atoms. The van der Waals surface area contributed by atoms with Crippen LogP contribution in [0.25, 0.3) is 11.2 Å². The molecule has 2 amide bonds. The van der Waals surface area contributed by atoms with Crippen molar-refractivity contribution in [1.82, 2.24) is 25.6 Å². The van der Waals surface area contributed by atoms with Crippen LogP contribution in [0, 0.1) is 11.8 Å². The smallest absolute Gasteiger partial charge is 0.308 e. The van der Waals surface area contributed by atoms with E-state index in [4.69, 9.17) is 9.72 Å². The first kappa shape index (κ1) is 23.8. The lowest BCUT2D eigenvalue weighted by molar-refractivity contribution is -0.146. The number of H-pyrrole nitrogens is 1. The molecule has 1 atom stereocenters. The summed E-state index contributed by atoms with van der Waals surface area (Å²) < 4.78 is 4.87. The van der Waals surface area contributed by atoms with Gasteiger partial charge in [0.1, 0.15) is 11.6 Å². The first-order valence-corrected chi connectivity index (χ1v) is 13.1. The van der Waals surface area contributed by atoms with Gasteiger partial charge in [0.05, 0.1) is 30.5 Å². The molecule has 3 aliphatic carbocycles. The van der Waals surface area contributed by atoms with Gasteiger partial charge in [0.2, 0.25) is 5.91 Å². The predicted molar refractivity (Wildman–Crippen MR) is 130 cm³/mol. The Morgan fingerprint density at radius 1 is 1.03 bits per heavy atom. The maximum Gasteiger partial charge on any atom is 0.308 e. The minimum atomic E-state index is -0.592. The number of carbonyl (C=O) groups excluding carboxylic acids is 3. The molecular formula is C26H35N5O4. The third kappa shape index (κ3) is 5.33. The molecule has 0 radical (unpaired) electrons. The number of nitrogens with zero attached hydrogens (tertiary/aromatic N) is 2. The number of amides is 2. The summed E-state index contributed by atoms with van der Waals surface area (Å²) >= 11 is 0. The minimum Gasteiger partial charge on any atom is -0.469 e. The van der Waals surface area contributed by atoms with Crippen molar-refractivity contribution < 1.29 is 19.1 Å². The lowest BCUT2D eigenvalue weighted by Gasteiger charge is -2.33. The van der Waals surface area contributed by atoms with Gasteiger partial charge in [-0.05, 0) is 57.3 Å². The van der Waals surface area contributed by atoms with Crippen LogP contribution in [0.3, 0.4) is 0 Å². The van der Waals surface area contributed by atoms with Gasteiger partial charge >= 0.3 is 5.97 Å². The second-order valence-electron chi connectivity index (χ2n) is 10.4. The van der Waals surface area contributed by atoms with Crippen LogP contribution in [0.4, 0.5) is 0 Å². The molecule has 0 aliphatic heterocycles. The number of carbonyl (C=O) groups is 3. The second kappa shape index (κ2) is 10.3. The zero-order chi connectivity index (χ0) is 24.4. The van der Waals surface area contributed by atoms with Gasteiger partial charge in [-0.25, -0.2) is 9.97 Å². The van der Waals surface area contributed by atoms with E-state index in [-0.39, 0.29) is 35.7 Å². The van der Waals surface area contributed by atoms with E-state index in [0.717, 1.165) is 63.5 Å². The summed E-state index contributed by atoms with van der Waals surface area (Å²) in [6.07, 6.45) is 13.7. The Morgan fingerprint density at radius 2 is 1.77 bits per heavy atom. The summed E-state index contributed by atoms with van der Waals surface area (Å²) in [5.74, 6) is -0.139. The standard InChI is InChI=1S/C26H35N5O4/c1-35-26(34)17-9-11-18(12-10-17)29-25(33)21(16-5-3-2-4-6-16)31-24(32)19-13-27-23-22(19)30-20(14-28-23)15-7-8-15/h13-18,21H,2-12H2,1H3,(H,27,28)(H,29,33)(H,31,32)/t17-,18-,21-/m1/s1. The number of methoxy groups -OCH3 is 1. The summed E-state index contributed by atoms with van der Waals surface area (Å²) in [5, 5.41) is 6.23. The summed E-state index contributed by atoms with van der Waals surface area (Å²) in [7, 11) is 1.42. The highest BCUT2D eigenvalue weighted by atomic mass is 16.5. The average molecular weight is 482 g/mol. The Morgan fingerprint density at radius 3 is 2.46 bits per heavy atom. The first-order valence-electron chi connectivity index (χ1n) is 13.1. The third-order valence-corrected chi connectivity index (χ3v) is 7.94. The lowest BCUT2D eigenvalue weighted by Crippen LogP contribution is -2.54. The maximum absolute atomic E-state index is 13.4. The Bertz CT molecular complexity index is 1080. The molecule has 0 saturated heterocycles. The summed E-state index contributed by atoms with van der Waals surface area (Å²) in [6.45, 7) is 0. The number of aromatic amines is 1. The van der Waals surface area contributed by atoms with Crippen LogP contribution in [-0.2, 0) is 14.3 Å². The van der Waals surface area contributed by atoms with Crippen molar-refractivity contribution in [3.63, 3.8) is 0 Å². The number of fused-ring (bicyclic) bond motifs is 1. The van der Waals surface area contributed by atoms with E-state index in [1.807, 2.05) is 0 Å². The van der Waals surface area contributed by atoms with Crippen molar-refractivity contribution in [1.29, 1.82) is 0 Å². The number of ether oxygens (including phenoxy) is 1. The largest absolute Gasteiger partial charge is 0.469 e. The van der Waals surface area contributed by atoms with E-state index in [9.17, 15) is 14.4 Å². The molecule has 0 spiro atoms.